The van der Waals surface area contributed by atoms with Crippen molar-refractivity contribution < 1.29 is 0 Å². The molecule has 0 saturated heterocycles. The molecule has 0 bridgehead atoms. The van der Waals surface area contributed by atoms with E-state index in [-0.39, 0.29) is 0 Å². The van der Waals surface area contributed by atoms with Gasteiger partial charge in [0.15, 0.2) is 5.16 Å². The Morgan fingerprint density at radius 1 is 0.731 bits per heavy atom. The lowest BCUT2D eigenvalue weighted by atomic mass is 10.0. The van der Waals surface area contributed by atoms with Crippen LogP contribution in [0.15, 0.2) is 29.4 Å². The van der Waals surface area contributed by atoms with Gasteiger partial charge in [-0.1, -0.05) is 114 Å². The lowest BCUT2D eigenvalue weighted by molar-refractivity contribution is 0.538. The van der Waals surface area contributed by atoms with Crippen LogP contribution in [0, 0.1) is 0 Å². The number of unbranched alkanes of at least 4 members (excludes halogenated alkanes) is 13. The Balaban J connectivity index is 1.34. The number of aromatic nitrogens is 2. The smallest absolute Gasteiger partial charge is 0.166 e. The van der Waals surface area contributed by atoms with E-state index in [0.29, 0.717) is 0 Å². The van der Waals surface area contributed by atoms with Gasteiger partial charge in [-0.05, 0) is 18.6 Å². The fourth-order valence-electron chi connectivity index (χ4n) is 3.46. The largest absolute Gasteiger partial charge is 0.333 e. The molecule has 0 aliphatic rings. The number of nitrogens with zero attached hydrogens (tertiary/aromatic N) is 1. The standard InChI is InChI=1S/C23H38N2S/c1-2-3-4-5-6-7-8-9-10-11-12-13-14-17-20-26-23-24-21-18-15-16-19-22(21)25-23/h15-16,18-19H,2-14,17,20H2,1H3,(H,24,25). The van der Waals surface area contributed by atoms with Gasteiger partial charge >= 0.3 is 0 Å². The zero-order valence-electron chi connectivity index (χ0n) is 16.8. The summed E-state index contributed by atoms with van der Waals surface area (Å²) in [5.41, 5.74) is 2.23. The predicted molar refractivity (Wildman–Crippen MR) is 117 cm³/mol. The van der Waals surface area contributed by atoms with Gasteiger partial charge in [0.05, 0.1) is 11.0 Å². The number of hydrogen-bond donors (Lipinski definition) is 1. The Labute approximate surface area is 165 Å². The summed E-state index contributed by atoms with van der Waals surface area (Å²) >= 11 is 1.86. The second-order valence-corrected chi connectivity index (χ2v) is 8.59. The first kappa shape index (κ1) is 21.3. The SMILES string of the molecule is CCCCCCCCCCCCCCCCSc1nc2ccccc2[nH]1. The molecule has 146 valence electrons. The summed E-state index contributed by atoms with van der Waals surface area (Å²) < 4.78 is 0. The third-order valence-electron chi connectivity index (χ3n) is 5.10. The minimum atomic E-state index is 1.07. The predicted octanol–water partition coefficient (Wildman–Crippen LogP) is 8.14. The molecule has 0 aliphatic carbocycles. The molecule has 2 nitrogen and oxygen atoms in total. The summed E-state index contributed by atoms with van der Waals surface area (Å²) in [5, 5.41) is 1.07. The minimum absolute atomic E-state index is 1.07. The number of thioether (sulfide) groups is 1. The van der Waals surface area contributed by atoms with E-state index in [2.05, 4.69) is 35.1 Å². The molecule has 0 spiro atoms. The van der Waals surface area contributed by atoms with Gasteiger partial charge in [-0.15, -0.1) is 0 Å². The normalized spacial score (nSPS) is 11.4. The summed E-state index contributed by atoms with van der Waals surface area (Å²) in [6.07, 6.45) is 19.9. The van der Waals surface area contributed by atoms with Crippen molar-refractivity contribution in [3.05, 3.63) is 24.3 Å². The average Bonchev–Trinajstić information content (AvgIpc) is 3.07. The van der Waals surface area contributed by atoms with Crippen molar-refractivity contribution in [3.63, 3.8) is 0 Å². The van der Waals surface area contributed by atoms with Crippen molar-refractivity contribution in [1.82, 2.24) is 9.97 Å². The molecule has 0 radical (unpaired) electrons. The number of aromatic amines is 1. The highest BCUT2D eigenvalue weighted by Gasteiger charge is 2.02. The van der Waals surface area contributed by atoms with Crippen LogP contribution in [0.4, 0.5) is 0 Å². The molecule has 0 amide bonds. The van der Waals surface area contributed by atoms with Crippen molar-refractivity contribution in [2.45, 2.75) is 102 Å². The molecule has 0 unspecified atom stereocenters. The molecule has 2 rings (SSSR count). The number of imidazole rings is 1. The summed E-state index contributed by atoms with van der Waals surface area (Å²) in [6, 6.07) is 8.27. The maximum atomic E-state index is 4.62. The highest BCUT2D eigenvalue weighted by atomic mass is 32.2. The van der Waals surface area contributed by atoms with Gasteiger partial charge in [-0.25, -0.2) is 4.98 Å². The first-order valence-electron chi connectivity index (χ1n) is 11.0. The van der Waals surface area contributed by atoms with Crippen LogP contribution in [0.3, 0.4) is 0 Å². The minimum Gasteiger partial charge on any atom is -0.333 e. The van der Waals surface area contributed by atoms with E-state index in [1.54, 1.807) is 0 Å². The number of rotatable bonds is 16. The Hall–Kier alpha value is -0.960. The Bertz CT molecular complexity index is 545. The number of fused-ring (bicyclic) bond motifs is 1. The number of para-hydroxylation sites is 2. The lowest BCUT2D eigenvalue weighted by Gasteiger charge is -2.03. The van der Waals surface area contributed by atoms with Gasteiger partial charge in [0.2, 0.25) is 0 Å². The van der Waals surface area contributed by atoms with Crippen LogP contribution in [-0.2, 0) is 0 Å². The molecule has 1 aromatic heterocycles. The maximum Gasteiger partial charge on any atom is 0.166 e. The van der Waals surface area contributed by atoms with Gasteiger partial charge in [0.1, 0.15) is 0 Å². The monoisotopic (exact) mass is 374 g/mol. The molecule has 0 fully saturated rings. The molecule has 0 aliphatic heterocycles. The molecule has 26 heavy (non-hydrogen) atoms. The van der Waals surface area contributed by atoms with Crippen LogP contribution >= 0.6 is 11.8 Å². The van der Waals surface area contributed by atoms with Gasteiger partial charge in [0.25, 0.3) is 0 Å². The van der Waals surface area contributed by atoms with Gasteiger partial charge in [-0.2, -0.15) is 0 Å². The quantitative estimate of drug-likeness (QED) is 0.237. The van der Waals surface area contributed by atoms with Crippen molar-refractivity contribution in [3.8, 4) is 0 Å². The van der Waals surface area contributed by atoms with Crippen LogP contribution in [0.2, 0.25) is 0 Å². The van der Waals surface area contributed by atoms with Crippen molar-refractivity contribution >= 4 is 22.8 Å². The van der Waals surface area contributed by atoms with E-state index in [9.17, 15) is 0 Å². The summed E-state index contributed by atoms with van der Waals surface area (Å²) in [7, 11) is 0. The lowest BCUT2D eigenvalue weighted by Crippen LogP contribution is -1.85. The zero-order valence-corrected chi connectivity index (χ0v) is 17.6. The Kier molecular flexibility index (Phi) is 11.6. The first-order chi connectivity index (χ1) is 12.9. The van der Waals surface area contributed by atoms with E-state index in [4.69, 9.17) is 0 Å². The molecule has 0 atom stereocenters. The third kappa shape index (κ3) is 9.12. The highest BCUT2D eigenvalue weighted by Crippen LogP contribution is 2.21. The van der Waals surface area contributed by atoms with E-state index in [1.165, 1.54) is 95.6 Å². The fraction of sp³-hybridized carbons (Fsp3) is 0.696. The first-order valence-corrected chi connectivity index (χ1v) is 12.0. The zero-order chi connectivity index (χ0) is 18.3. The van der Waals surface area contributed by atoms with Crippen LogP contribution in [-0.4, -0.2) is 15.7 Å². The highest BCUT2D eigenvalue weighted by molar-refractivity contribution is 7.99. The molecule has 1 N–H and O–H groups in total. The number of nitrogens with one attached hydrogen (secondary N) is 1. The van der Waals surface area contributed by atoms with E-state index in [1.807, 2.05) is 17.8 Å². The molecule has 2 aromatic rings. The second kappa shape index (κ2) is 14.1. The van der Waals surface area contributed by atoms with Gasteiger partial charge in [0, 0.05) is 5.75 Å². The molecule has 1 aromatic carbocycles. The number of hydrogen-bond acceptors (Lipinski definition) is 2. The van der Waals surface area contributed by atoms with Crippen LogP contribution < -0.4 is 0 Å². The summed E-state index contributed by atoms with van der Waals surface area (Å²) in [6.45, 7) is 2.29. The van der Waals surface area contributed by atoms with Crippen molar-refractivity contribution in [1.29, 1.82) is 0 Å². The number of H-pyrrole nitrogens is 1. The molecular weight excluding hydrogens is 336 g/mol. The van der Waals surface area contributed by atoms with Crippen LogP contribution in [0.25, 0.3) is 11.0 Å². The molecule has 3 heteroatoms. The third-order valence-corrected chi connectivity index (χ3v) is 6.06. The van der Waals surface area contributed by atoms with Crippen molar-refractivity contribution in [2.24, 2.45) is 0 Å². The molecule has 1 heterocycles. The molecular formula is C23H38N2S. The van der Waals surface area contributed by atoms with E-state index in [0.717, 1.165) is 16.2 Å². The van der Waals surface area contributed by atoms with Crippen LogP contribution in [0.5, 0.6) is 0 Å². The summed E-state index contributed by atoms with van der Waals surface area (Å²) in [5.74, 6) is 1.18. The fourth-order valence-corrected chi connectivity index (χ4v) is 4.35. The topological polar surface area (TPSA) is 28.7 Å². The Morgan fingerprint density at radius 2 is 1.27 bits per heavy atom. The second-order valence-electron chi connectivity index (χ2n) is 7.50. The van der Waals surface area contributed by atoms with Gasteiger partial charge in [-0.3, -0.25) is 0 Å². The summed E-state index contributed by atoms with van der Waals surface area (Å²) in [4.78, 5) is 8.02. The molecule has 0 saturated carbocycles. The maximum absolute atomic E-state index is 4.62. The number of benzene rings is 1. The van der Waals surface area contributed by atoms with Crippen molar-refractivity contribution in [2.75, 3.05) is 5.75 Å². The Morgan fingerprint density at radius 3 is 1.85 bits per heavy atom. The van der Waals surface area contributed by atoms with E-state index >= 15 is 0 Å². The van der Waals surface area contributed by atoms with Crippen LogP contribution in [0.1, 0.15) is 96.8 Å². The van der Waals surface area contributed by atoms with E-state index < -0.39 is 0 Å². The average molecular weight is 375 g/mol. The van der Waals surface area contributed by atoms with Gasteiger partial charge < -0.3 is 4.98 Å².